The normalized spacial score (nSPS) is 15.5. The minimum Gasteiger partial charge on any atom is -0.492 e. The third-order valence-corrected chi connectivity index (χ3v) is 3.50. The van der Waals surface area contributed by atoms with E-state index < -0.39 is 0 Å². The predicted octanol–water partition coefficient (Wildman–Crippen LogP) is 3.51. The number of nitrogens with zero attached hydrogens (tertiary/aromatic N) is 2. The summed E-state index contributed by atoms with van der Waals surface area (Å²) in [4.78, 5) is 4.35. The summed E-state index contributed by atoms with van der Waals surface area (Å²) in [7, 11) is 0. The first-order chi connectivity index (χ1) is 8.20. The molecule has 2 aromatic heterocycles. The topological polar surface area (TPSA) is 26.5 Å². The molecule has 0 unspecified atom stereocenters. The molecule has 2 aromatic rings. The molecule has 0 aromatic carbocycles. The van der Waals surface area contributed by atoms with Crippen LogP contribution < -0.4 is 4.74 Å². The molecule has 0 aliphatic heterocycles. The molecule has 3 rings (SSSR count). The standard InChI is InChI=1S/C12H12BrFN2O/c1-2-17-9-5-10-15-11(7-3-4-7)12(14)16(10)6-8(9)13/h5-7H,2-4H2,1H3. The average molecular weight is 299 g/mol. The molecule has 5 heteroatoms. The van der Waals surface area contributed by atoms with Crippen molar-refractivity contribution in [1.82, 2.24) is 9.38 Å². The van der Waals surface area contributed by atoms with E-state index in [-0.39, 0.29) is 5.95 Å². The Morgan fingerprint density at radius 1 is 1.59 bits per heavy atom. The zero-order chi connectivity index (χ0) is 12.0. The van der Waals surface area contributed by atoms with Gasteiger partial charge < -0.3 is 4.74 Å². The van der Waals surface area contributed by atoms with E-state index in [2.05, 4.69) is 20.9 Å². The van der Waals surface area contributed by atoms with Gasteiger partial charge in [0.2, 0.25) is 5.95 Å². The van der Waals surface area contributed by atoms with Crippen LogP contribution in [0.4, 0.5) is 4.39 Å². The number of hydrogen-bond donors (Lipinski definition) is 0. The molecule has 90 valence electrons. The molecular weight excluding hydrogens is 287 g/mol. The number of hydrogen-bond acceptors (Lipinski definition) is 2. The fourth-order valence-electron chi connectivity index (χ4n) is 1.92. The summed E-state index contributed by atoms with van der Waals surface area (Å²) in [6.07, 6.45) is 3.76. The second-order valence-corrected chi connectivity index (χ2v) is 5.06. The van der Waals surface area contributed by atoms with Crippen LogP contribution in [0.5, 0.6) is 5.75 Å². The highest BCUT2D eigenvalue weighted by Gasteiger charge is 2.30. The lowest BCUT2D eigenvalue weighted by molar-refractivity contribution is 0.338. The lowest BCUT2D eigenvalue weighted by atomic mass is 10.3. The van der Waals surface area contributed by atoms with Crippen LogP contribution in [0.2, 0.25) is 0 Å². The van der Waals surface area contributed by atoms with Crippen molar-refractivity contribution in [2.24, 2.45) is 0 Å². The van der Waals surface area contributed by atoms with E-state index >= 15 is 0 Å². The lowest BCUT2D eigenvalue weighted by Crippen LogP contribution is -1.96. The van der Waals surface area contributed by atoms with E-state index in [1.807, 2.05) is 6.92 Å². The molecule has 17 heavy (non-hydrogen) atoms. The Labute approximate surface area is 107 Å². The van der Waals surface area contributed by atoms with Gasteiger partial charge in [0.15, 0.2) is 0 Å². The number of fused-ring (bicyclic) bond motifs is 1. The number of rotatable bonds is 3. The molecule has 1 aliphatic carbocycles. The van der Waals surface area contributed by atoms with Crippen molar-refractivity contribution in [3.8, 4) is 5.75 Å². The summed E-state index contributed by atoms with van der Waals surface area (Å²) in [5.41, 5.74) is 1.20. The molecular formula is C12H12BrFN2O. The van der Waals surface area contributed by atoms with Gasteiger partial charge in [-0.3, -0.25) is 4.40 Å². The molecule has 0 amide bonds. The number of aromatic nitrogens is 2. The van der Waals surface area contributed by atoms with Gasteiger partial charge in [0.05, 0.1) is 16.8 Å². The van der Waals surface area contributed by atoms with Gasteiger partial charge in [-0.15, -0.1) is 0 Å². The summed E-state index contributed by atoms with van der Waals surface area (Å²) in [5.74, 6) is 0.766. The first-order valence-electron chi connectivity index (χ1n) is 5.70. The van der Waals surface area contributed by atoms with Crippen LogP contribution in [0.1, 0.15) is 31.4 Å². The van der Waals surface area contributed by atoms with Gasteiger partial charge in [-0.25, -0.2) is 4.98 Å². The zero-order valence-corrected chi connectivity index (χ0v) is 11.0. The number of pyridine rings is 1. The van der Waals surface area contributed by atoms with Gasteiger partial charge in [-0.2, -0.15) is 4.39 Å². The summed E-state index contributed by atoms with van der Waals surface area (Å²) >= 11 is 3.37. The Kier molecular flexibility index (Phi) is 2.58. The number of halogens is 2. The smallest absolute Gasteiger partial charge is 0.221 e. The predicted molar refractivity (Wildman–Crippen MR) is 66.0 cm³/mol. The van der Waals surface area contributed by atoms with Crippen molar-refractivity contribution in [1.29, 1.82) is 0 Å². The lowest BCUT2D eigenvalue weighted by Gasteiger charge is -2.05. The molecule has 0 spiro atoms. The van der Waals surface area contributed by atoms with E-state index in [1.165, 1.54) is 4.40 Å². The Balaban J connectivity index is 2.15. The Morgan fingerprint density at radius 2 is 2.35 bits per heavy atom. The van der Waals surface area contributed by atoms with Crippen LogP contribution in [0, 0.1) is 5.95 Å². The molecule has 3 nitrogen and oxygen atoms in total. The molecule has 2 heterocycles. The third kappa shape index (κ3) is 1.82. The van der Waals surface area contributed by atoms with E-state index in [0.717, 1.165) is 17.3 Å². The van der Waals surface area contributed by atoms with Crippen LogP contribution in [-0.2, 0) is 0 Å². The Morgan fingerprint density at radius 3 is 3.00 bits per heavy atom. The summed E-state index contributed by atoms with van der Waals surface area (Å²) in [6.45, 7) is 2.49. The molecule has 1 saturated carbocycles. The van der Waals surface area contributed by atoms with Gasteiger partial charge in [0, 0.05) is 18.2 Å². The molecule has 1 fully saturated rings. The zero-order valence-electron chi connectivity index (χ0n) is 9.41. The minimum absolute atomic E-state index is 0.244. The molecule has 0 bridgehead atoms. The second kappa shape index (κ2) is 3.98. The largest absolute Gasteiger partial charge is 0.492 e. The average Bonchev–Trinajstić information content (AvgIpc) is 3.09. The maximum absolute atomic E-state index is 14.1. The summed E-state index contributed by atoms with van der Waals surface area (Å²) in [5, 5.41) is 0. The van der Waals surface area contributed by atoms with Crippen LogP contribution in [-0.4, -0.2) is 16.0 Å². The molecule has 0 radical (unpaired) electrons. The van der Waals surface area contributed by atoms with Crippen molar-refractivity contribution in [3.63, 3.8) is 0 Å². The van der Waals surface area contributed by atoms with E-state index in [4.69, 9.17) is 4.74 Å². The van der Waals surface area contributed by atoms with Crippen LogP contribution in [0.25, 0.3) is 5.65 Å². The molecule has 0 saturated heterocycles. The maximum atomic E-state index is 14.1. The van der Waals surface area contributed by atoms with Crippen LogP contribution in [0.3, 0.4) is 0 Å². The summed E-state index contributed by atoms with van der Waals surface area (Å²) < 4.78 is 21.7. The van der Waals surface area contributed by atoms with Crippen molar-refractivity contribution in [3.05, 3.63) is 28.4 Å². The highest BCUT2D eigenvalue weighted by atomic mass is 79.9. The third-order valence-electron chi connectivity index (χ3n) is 2.91. The SMILES string of the molecule is CCOc1cc2nc(C3CC3)c(F)n2cc1Br. The fraction of sp³-hybridized carbons (Fsp3) is 0.417. The first kappa shape index (κ1) is 11.0. The van der Waals surface area contributed by atoms with Crippen molar-refractivity contribution >= 4 is 21.6 Å². The first-order valence-corrected chi connectivity index (χ1v) is 6.49. The van der Waals surface area contributed by atoms with Gasteiger partial charge in [0.25, 0.3) is 0 Å². The second-order valence-electron chi connectivity index (χ2n) is 4.21. The van der Waals surface area contributed by atoms with E-state index in [1.54, 1.807) is 12.3 Å². The van der Waals surface area contributed by atoms with Crippen molar-refractivity contribution in [2.75, 3.05) is 6.61 Å². The monoisotopic (exact) mass is 298 g/mol. The van der Waals surface area contributed by atoms with E-state index in [9.17, 15) is 4.39 Å². The van der Waals surface area contributed by atoms with Crippen LogP contribution in [0.15, 0.2) is 16.7 Å². The number of imidazole rings is 1. The molecule has 0 atom stereocenters. The Hall–Kier alpha value is -1.10. The Bertz CT molecular complexity index is 577. The van der Waals surface area contributed by atoms with Crippen molar-refractivity contribution < 1.29 is 9.13 Å². The van der Waals surface area contributed by atoms with Gasteiger partial charge >= 0.3 is 0 Å². The highest BCUT2D eigenvalue weighted by molar-refractivity contribution is 9.10. The maximum Gasteiger partial charge on any atom is 0.221 e. The van der Waals surface area contributed by atoms with Gasteiger partial charge in [-0.1, -0.05) is 0 Å². The quantitative estimate of drug-likeness (QED) is 0.867. The van der Waals surface area contributed by atoms with Crippen LogP contribution >= 0.6 is 15.9 Å². The highest BCUT2D eigenvalue weighted by Crippen LogP contribution is 2.41. The number of ether oxygens (including phenoxy) is 1. The molecule has 1 aliphatic rings. The molecule has 0 N–H and O–H groups in total. The fourth-order valence-corrected chi connectivity index (χ4v) is 2.35. The van der Waals surface area contributed by atoms with E-state index in [0.29, 0.717) is 29.6 Å². The minimum atomic E-state index is -0.244. The summed E-state index contributed by atoms with van der Waals surface area (Å²) in [6, 6.07) is 1.77. The van der Waals surface area contributed by atoms with Gasteiger partial charge in [0.1, 0.15) is 11.4 Å². The van der Waals surface area contributed by atoms with Crippen molar-refractivity contribution in [2.45, 2.75) is 25.7 Å². The van der Waals surface area contributed by atoms with Gasteiger partial charge in [-0.05, 0) is 35.7 Å².